The molecule has 20 heavy (non-hydrogen) atoms. The average molecular weight is 371 g/mol. The first-order chi connectivity index (χ1) is 9.38. The van der Waals surface area contributed by atoms with Gasteiger partial charge in [0.05, 0.1) is 19.8 Å². The normalized spacial score (nSPS) is 11.8. The molecule has 0 spiro atoms. The van der Waals surface area contributed by atoms with E-state index in [2.05, 4.69) is 20.7 Å². The van der Waals surface area contributed by atoms with Gasteiger partial charge in [0, 0.05) is 23.8 Å². The second-order valence-electron chi connectivity index (χ2n) is 3.81. The standard InChI is InChI=1S/C11H16BrFN2O4S/c1-18-4-5-19-3-2-15-20(16,17)11-7-10(14)8(12)6-9(11)13/h6-7,15H,2-5,14H2,1H3. The van der Waals surface area contributed by atoms with Crippen LogP contribution in [0.2, 0.25) is 0 Å². The zero-order valence-electron chi connectivity index (χ0n) is 10.9. The minimum atomic E-state index is -3.96. The fourth-order valence-electron chi connectivity index (χ4n) is 1.32. The minimum Gasteiger partial charge on any atom is -0.398 e. The molecule has 0 bridgehead atoms. The second kappa shape index (κ2) is 7.89. The van der Waals surface area contributed by atoms with Gasteiger partial charge in [-0.15, -0.1) is 0 Å². The number of benzene rings is 1. The maximum Gasteiger partial charge on any atom is 0.243 e. The minimum absolute atomic E-state index is 0.0292. The van der Waals surface area contributed by atoms with E-state index < -0.39 is 20.7 Å². The molecule has 1 aromatic rings. The summed E-state index contributed by atoms with van der Waals surface area (Å²) < 4.78 is 49.9. The van der Waals surface area contributed by atoms with E-state index in [1.54, 1.807) is 0 Å². The van der Waals surface area contributed by atoms with Crippen LogP contribution in [0.15, 0.2) is 21.5 Å². The number of nitrogens with one attached hydrogen (secondary N) is 1. The number of sulfonamides is 1. The SMILES string of the molecule is COCCOCCNS(=O)(=O)c1cc(N)c(Br)cc1F. The molecular formula is C11H16BrFN2O4S. The molecule has 0 saturated heterocycles. The molecule has 0 saturated carbocycles. The number of methoxy groups -OCH3 is 1. The Morgan fingerprint density at radius 2 is 2.05 bits per heavy atom. The van der Waals surface area contributed by atoms with Crippen LogP contribution in [0.3, 0.4) is 0 Å². The van der Waals surface area contributed by atoms with Crippen molar-refractivity contribution in [2.75, 3.05) is 39.2 Å². The highest BCUT2D eigenvalue weighted by Gasteiger charge is 2.20. The van der Waals surface area contributed by atoms with Crippen molar-refractivity contribution in [2.45, 2.75) is 4.90 Å². The molecule has 0 heterocycles. The van der Waals surface area contributed by atoms with Crippen LogP contribution in [-0.4, -0.2) is 41.9 Å². The predicted octanol–water partition coefficient (Wildman–Crippen LogP) is 1.11. The van der Waals surface area contributed by atoms with Gasteiger partial charge in [-0.2, -0.15) is 0 Å². The van der Waals surface area contributed by atoms with Gasteiger partial charge in [-0.3, -0.25) is 0 Å². The summed E-state index contributed by atoms with van der Waals surface area (Å²) in [5, 5.41) is 0. The maximum absolute atomic E-state index is 13.6. The molecule has 1 rings (SSSR count). The van der Waals surface area contributed by atoms with Crippen molar-refractivity contribution in [3.05, 3.63) is 22.4 Å². The van der Waals surface area contributed by atoms with Crippen LogP contribution in [0.4, 0.5) is 10.1 Å². The molecule has 6 nitrogen and oxygen atoms in total. The number of anilines is 1. The topological polar surface area (TPSA) is 90.6 Å². The molecule has 3 N–H and O–H groups in total. The third-order valence-electron chi connectivity index (χ3n) is 2.31. The van der Waals surface area contributed by atoms with Gasteiger partial charge in [-0.05, 0) is 28.1 Å². The van der Waals surface area contributed by atoms with Crippen LogP contribution in [0, 0.1) is 5.82 Å². The Morgan fingerprint density at radius 1 is 1.35 bits per heavy atom. The highest BCUT2D eigenvalue weighted by molar-refractivity contribution is 9.10. The fraction of sp³-hybridized carbons (Fsp3) is 0.455. The zero-order chi connectivity index (χ0) is 15.2. The zero-order valence-corrected chi connectivity index (χ0v) is 13.3. The van der Waals surface area contributed by atoms with Gasteiger partial charge in [0.1, 0.15) is 10.7 Å². The van der Waals surface area contributed by atoms with Gasteiger partial charge in [0.25, 0.3) is 0 Å². The van der Waals surface area contributed by atoms with Crippen molar-refractivity contribution in [2.24, 2.45) is 0 Å². The molecule has 1 aromatic carbocycles. The molecule has 0 amide bonds. The lowest BCUT2D eigenvalue weighted by Crippen LogP contribution is -2.28. The van der Waals surface area contributed by atoms with E-state index in [0.717, 1.165) is 12.1 Å². The third kappa shape index (κ3) is 4.98. The smallest absolute Gasteiger partial charge is 0.243 e. The Hall–Kier alpha value is -0.740. The highest BCUT2D eigenvalue weighted by Crippen LogP contribution is 2.25. The molecule has 0 aliphatic heterocycles. The molecule has 0 aromatic heterocycles. The molecule has 0 aliphatic carbocycles. The molecule has 9 heteroatoms. The largest absolute Gasteiger partial charge is 0.398 e. The average Bonchev–Trinajstić information content (AvgIpc) is 2.37. The monoisotopic (exact) mass is 370 g/mol. The summed E-state index contributed by atoms with van der Waals surface area (Å²) in [6.07, 6.45) is 0. The van der Waals surface area contributed by atoms with Crippen molar-refractivity contribution in [3.8, 4) is 0 Å². The summed E-state index contributed by atoms with van der Waals surface area (Å²) in [4.78, 5) is -0.491. The van der Waals surface area contributed by atoms with Crippen LogP contribution < -0.4 is 10.5 Å². The molecule has 0 unspecified atom stereocenters. The summed E-state index contributed by atoms with van der Waals surface area (Å²) >= 11 is 3.02. The molecule has 0 radical (unpaired) electrons. The fourth-order valence-corrected chi connectivity index (χ4v) is 2.74. The van der Waals surface area contributed by atoms with E-state index in [1.165, 1.54) is 7.11 Å². The molecule has 0 aliphatic rings. The van der Waals surface area contributed by atoms with Crippen molar-refractivity contribution in [1.82, 2.24) is 4.72 Å². The van der Waals surface area contributed by atoms with Gasteiger partial charge < -0.3 is 15.2 Å². The Labute approximate surface area is 125 Å². The van der Waals surface area contributed by atoms with Crippen LogP contribution >= 0.6 is 15.9 Å². The van der Waals surface area contributed by atoms with E-state index in [-0.39, 0.29) is 18.8 Å². The van der Waals surface area contributed by atoms with E-state index in [9.17, 15) is 12.8 Å². The lowest BCUT2D eigenvalue weighted by atomic mass is 10.3. The second-order valence-corrected chi connectivity index (χ2v) is 6.40. The summed E-state index contributed by atoms with van der Waals surface area (Å²) in [5.41, 5.74) is 5.69. The molecule has 0 atom stereocenters. The first kappa shape index (κ1) is 17.3. The van der Waals surface area contributed by atoms with Gasteiger partial charge in [0.2, 0.25) is 10.0 Å². The van der Waals surface area contributed by atoms with Crippen LogP contribution in [0.25, 0.3) is 0 Å². The van der Waals surface area contributed by atoms with E-state index in [0.29, 0.717) is 17.7 Å². The number of nitrogens with two attached hydrogens (primary N) is 1. The Bertz CT molecular complexity index is 554. The van der Waals surface area contributed by atoms with Gasteiger partial charge in [-0.1, -0.05) is 0 Å². The predicted molar refractivity (Wildman–Crippen MR) is 76.4 cm³/mol. The van der Waals surface area contributed by atoms with Gasteiger partial charge in [0.15, 0.2) is 0 Å². The van der Waals surface area contributed by atoms with Crippen molar-refractivity contribution in [1.29, 1.82) is 0 Å². The van der Waals surface area contributed by atoms with Crippen molar-refractivity contribution >= 4 is 31.6 Å². The van der Waals surface area contributed by atoms with Crippen LogP contribution in [-0.2, 0) is 19.5 Å². The Balaban J connectivity index is 2.63. The van der Waals surface area contributed by atoms with Crippen molar-refractivity contribution in [3.63, 3.8) is 0 Å². The highest BCUT2D eigenvalue weighted by atomic mass is 79.9. The Morgan fingerprint density at radius 3 is 2.70 bits per heavy atom. The maximum atomic E-state index is 13.6. The summed E-state index contributed by atoms with van der Waals surface area (Å²) in [6, 6.07) is 2.08. The lowest BCUT2D eigenvalue weighted by molar-refractivity contribution is 0.0736. The summed E-state index contributed by atoms with van der Waals surface area (Å²) in [7, 11) is -2.43. The first-order valence-electron chi connectivity index (χ1n) is 5.69. The quantitative estimate of drug-likeness (QED) is 0.528. The third-order valence-corrected chi connectivity index (χ3v) is 4.47. The van der Waals surface area contributed by atoms with E-state index in [1.807, 2.05) is 0 Å². The van der Waals surface area contributed by atoms with Gasteiger partial charge >= 0.3 is 0 Å². The molecule has 114 valence electrons. The number of rotatable bonds is 8. The first-order valence-corrected chi connectivity index (χ1v) is 7.97. The number of nitrogen functional groups attached to an aromatic ring is 1. The Kier molecular flexibility index (Phi) is 6.83. The number of halogens is 2. The van der Waals surface area contributed by atoms with Crippen LogP contribution in [0.5, 0.6) is 0 Å². The lowest BCUT2D eigenvalue weighted by Gasteiger charge is -2.09. The molecule has 0 fully saturated rings. The number of hydrogen-bond acceptors (Lipinski definition) is 5. The van der Waals surface area contributed by atoms with E-state index >= 15 is 0 Å². The van der Waals surface area contributed by atoms with Gasteiger partial charge in [-0.25, -0.2) is 17.5 Å². The number of hydrogen-bond donors (Lipinski definition) is 2. The summed E-state index contributed by atoms with van der Waals surface area (Å²) in [5.74, 6) is -0.876. The van der Waals surface area contributed by atoms with E-state index in [4.69, 9.17) is 15.2 Å². The van der Waals surface area contributed by atoms with Crippen molar-refractivity contribution < 1.29 is 22.3 Å². The summed E-state index contributed by atoms with van der Waals surface area (Å²) in [6.45, 7) is 0.972. The number of ether oxygens (including phenoxy) is 2. The van der Waals surface area contributed by atoms with Crippen LogP contribution in [0.1, 0.15) is 0 Å². The molecular weight excluding hydrogens is 355 g/mol.